The van der Waals surface area contributed by atoms with Crippen LogP contribution in [0.25, 0.3) is 0 Å². The van der Waals surface area contributed by atoms with E-state index in [-0.39, 0.29) is 127 Å². The molecule has 2 atom stereocenters. The van der Waals surface area contributed by atoms with Gasteiger partial charge in [0, 0.05) is 84.1 Å². The molecule has 0 fully saturated rings. The number of esters is 3. The van der Waals surface area contributed by atoms with Crippen molar-refractivity contribution in [3.63, 3.8) is 0 Å². The number of imide groups is 2. The molecule has 0 aromatic rings. The van der Waals surface area contributed by atoms with Gasteiger partial charge in [0.2, 0.25) is 11.8 Å². The average molecular weight is 1340 g/mol. The van der Waals surface area contributed by atoms with Crippen molar-refractivity contribution in [1.82, 2.24) is 31.1 Å². The summed E-state index contributed by atoms with van der Waals surface area (Å²) in [5.74, 6) is -3.10. The summed E-state index contributed by atoms with van der Waals surface area (Å²) in [5, 5.41) is 11.3. The van der Waals surface area contributed by atoms with Crippen LogP contribution in [-0.2, 0) is 126 Å². The predicted molar refractivity (Wildman–Crippen MR) is 345 cm³/mol. The summed E-state index contributed by atoms with van der Waals surface area (Å²) in [6, 6.07) is -0.853. The SMILES string of the molecule is C.C.C.CC(C)(C)OC(=O)CNC(CCCCNC(=O)CCN1C(=O)C=CC1=O)C(=O)CP=S.CC(C)(C)OC(=O)CP=S.CC(C)(C)OC(=O)CP=S.NCNC(CCCCNC(=O)CCN1C(=O)C=CC1=O)C(=O)CN.S=PP=S. The first-order chi connectivity index (χ1) is 36.8. The van der Waals surface area contributed by atoms with Crippen LogP contribution in [0.1, 0.15) is 136 Å². The van der Waals surface area contributed by atoms with Crippen molar-refractivity contribution in [1.29, 1.82) is 0 Å². The fourth-order valence-electron chi connectivity index (χ4n) is 5.96. The second-order valence-electron chi connectivity index (χ2n) is 19.3. The maximum absolute atomic E-state index is 12.3. The molecule has 2 heterocycles. The van der Waals surface area contributed by atoms with Gasteiger partial charge >= 0.3 is 17.9 Å². The highest BCUT2D eigenvalue weighted by atomic mass is 32.7. The van der Waals surface area contributed by atoms with Crippen LogP contribution >= 0.6 is 36.2 Å². The number of ketones is 2. The fourth-order valence-corrected chi connectivity index (χ4v) is 7.66. The lowest BCUT2D eigenvalue weighted by atomic mass is 10.1. The van der Waals surface area contributed by atoms with Crippen LogP contribution in [0.15, 0.2) is 24.3 Å². The lowest BCUT2D eigenvalue weighted by molar-refractivity contribution is -0.154. The van der Waals surface area contributed by atoms with E-state index in [9.17, 15) is 52.7 Å². The number of nitrogens with zero attached hydrogens (tertiary/aromatic N) is 2. The fraction of sp³-hybridized carbons (Fsp3) is 0.700. The highest BCUT2D eigenvalue weighted by Gasteiger charge is 2.26. The molecule has 8 N–H and O–H groups in total. The molecule has 2 aliphatic rings. The van der Waals surface area contributed by atoms with E-state index in [2.05, 4.69) is 68.5 Å². The molecule has 82 heavy (non-hydrogen) atoms. The lowest BCUT2D eigenvalue weighted by Crippen LogP contribution is -2.42. The molecule has 2 rings (SSSR count). The van der Waals surface area contributed by atoms with Crippen molar-refractivity contribution in [3.05, 3.63) is 24.3 Å². The largest absolute Gasteiger partial charge is 0.459 e. The Morgan fingerprint density at radius 3 is 1.13 bits per heavy atom. The van der Waals surface area contributed by atoms with E-state index >= 15 is 0 Å². The summed E-state index contributed by atoms with van der Waals surface area (Å²) in [4.78, 5) is 128. The summed E-state index contributed by atoms with van der Waals surface area (Å²) in [5.41, 5.74) is 9.36. The Balaban J connectivity index is -0.000000249. The van der Waals surface area contributed by atoms with Crippen LogP contribution in [0.5, 0.6) is 0 Å². The van der Waals surface area contributed by atoms with Gasteiger partial charge in [-0.05, 0) is 147 Å². The van der Waals surface area contributed by atoms with Crippen molar-refractivity contribution < 1.29 is 67.0 Å². The van der Waals surface area contributed by atoms with E-state index in [0.29, 0.717) is 79.6 Å². The smallest absolute Gasteiger partial charge is 0.320 e. The van der Waals surface area contributed by atoms with Gasteiger partial charge in [-0.15, -0.1) is 0 Å². The van der Waals surface area contributed by atoms with Crippen LogP contribution < -0.4 is 32.7 Å². The number of hydrogen-bond donors (Lipinski definition) is 6. The third-order valence-electron chi connectivity index (χ3n) is 9.15. The number of rotatable bonds is 31. The molecule has 0 bridgehead atoms. The minimum absolute atomic E-state index is 0. The summed E-state index contributed by atoms with van der Waals surface area (Å²) in [6.45, 7) is 17.4. The number of unbranched alkanes of at least 4 members (excludes halogenated alkanes) is 2. The van der Waals surface area contributed by atoms with Crippen LogP contribution in [-0.4, -0.2) is 168 Å². The quantitative estimate of drug-likeness (QED) is 0.0117. The molecule has 0 aromatic carbocycles. The maximum Gasteiger partial charge on any atom is 0.320 e. The minimum Gasteiger partial charge on any atom is -0.459 e. The number of nitrogens with two attached hydrogens (primary N) is 2. The molecule has 2 aliphatic heterocycles. The Morgan fingerprint density at radius 2 is 0.841 bits per heavy atom. The zero-order valence-corrected chi connectivity index (χ0v) is 54.8. The van der Waals surface area contributed by atoms with E-state index in [1.807, 2.05) is 41.5 Å². The van der Waals surface area contributed by atoms with Gasteiger partial charge in [0.05, 0.1) is 43.7 Å². The van der Waals surface area contributed by atoms with E-state index in [0.717, 1.165) is 30.3 Å². The number of ether oxygens (including phenoxy) is 3. The molecule has 0 saturated carbocycles. The molecule has 2 unspecified atom stereocenters. The molecule has 0 spiro atoms. The Morgan fingerprint density at radius 1 is 0.512 bits per heavy atom. The standard InChI is InChI=1S/C20H30N3O6PS.C15H25N5O4.2C6H11O2PS.3CH4.P2S2/c1-20(2,3)29-19(28)12-22-14(15(24)13-30-31)6-4-5-10-21-16(25)9-11-23-17(26)7-8-18(23)27;16-9-12(21)11(19-10-17)3-1-2-7-18-13(22)6-8-20-14(23)4-5-15(20)24;2*1-6(2,3)8-5(7)4-9-10;;;;3-1-2-4/h7-8,14,22H,4-6,9-13H2,1-3H3,(H,21,25);4-5,11,19H,1-3,6-10,16-17H2,(H,18,22);2*4H2,1-3H3;3*1H4;. The number of Topliss-reactive ketones (excluding diaryl/α,β-unsaturated/α-hetero) is 2. The van der Waals surface area contributed by atoms with Gasteiger partial charge in [-0.3, -0.25) is 73.2 Å². The summed E-state index contributed by atoms with van der Waals surface area (Å²) in [6.07, 6.45) is 9.53. The third kappa shape index (κ3) is 52.4. The first-order valence-electron chi connectivity index (χ1n) is 24.6. The molecule has 32 heteroatoms. The normalized spacial score (nSPS) is 13.2. The summed E-state index contributed by atoms with van der Waals surface area (Å²) < 4.78 is 15.2. The Kier molecular flexibility index (Phi) is 57.4. The minimum atomic E-state index is -0.596. The van der Waals surface area contributed by atoms with Crippen LogP contribution in [0.4, 0.5) is 0 Å². The number of amides is 6. The topological polar surface area (TPSA) is 322 Å². The van der Waals surface area contributed by atoms with Gasteiger partial charge in [0.25, 0.3) is 23.6 Å². The van der Waals surface area contributed by atoms with Gasteiger partial charge in [0.15, 0.2) is 11.6 Å². The van der Waals surface area contributed by atoms with Crippen molar-refractivity contribution >= 4 is 160 Å². The van der Waals surface area contributed by atoms with E-state index in [4.69, 9.17) is 37.5 Å². The number of nitrogens with one attached hydrogen (secondary N) is 4. The Bertz CT molecular complexity index is 2070. The van der Waals surface area contributed by atoms with Gasteiger partial charge in [-0.25, -0.2) is 0 Å². The van der Waals surface area contributed by atoms with Crippen molar-refractivity contribution in [2.24, 2.45) is 11.5 Å². The van der Waals surface area contributed by atoms with Gasteiger partial charge in [-0.2, -0.15) is 0 Å². The zero-order valence-electron chi connectivity index (χ0n) is 46.2. The Labute approximate surface area is 519 Å². The highest BCUT2D eigenvalue weighted by Crippen LogP contribution is 2.12. The van der Waals surface area contributed by atoms with E-state index in [1.165, 1.54) is 24.3 Å². The van der Waals surface area contributed by atoms with Crippen LogP contribution in [0.3, 0.4) is 0 Å². The average Bonchev–Trinajstić information content (AvgIpc) is 3.85. The number of carbonyl (C=O) groups is 11. The molecular weight excluding hydrogens is 1250 g/mol. The predicted octanol–water partition coefficient (Wildman–Crippen LogP) is 5.95. The molecule has 468 valence electrons. The second kappa shape index (κ2) is 52.2. The summed E-state index contributed by atoms with van der Waals surface area (Å²) in [7, 11) is 3.58. The lowest BCUT2D eigenvalue weighted by Gasteiger charge is -2.21. The van der Waals surface area contributed by atoms with E-state index < -0.39 is 41.2 Å². The van der Waals surface area contributed by atoms with Gasteiger partial charge in [0.1, 0.15) is 16.8 Å². The number of carbonyl (C=O) groups excluding carboxylic acids is 11. The maximum atomic E-state index is 12.3. The van der Waals surface area contributed by atoms with Gasteiger partial charge in [-0.1, -0.05) is 57.7 Å². The van der Waals surface area contributed by atoms with Gasteiger partial charge < -0.3 is 36.3 Å². The highest BCUT2D eigenvalue weighted by molar-refractivity contribution is 8.40. The molecular formula is C50H89N8O14P5S5. The van der Waals surface area contributed by atoms with Crippen molar-refractivity contribution in [2.75, 3.05) is 64.4 Å². The first kappa shape index (κ1) is 90.1. The molecule has 0 radical (unpaired) electrons. The van der Waals surface area contributed by atoms with Crippen LogP contribution in [0, 0.1) is 0 Å². The molecule has 0 saturated heterocycles. The third-order valence-corrected chi connectivity index (χ3v) is 14.2. The monoisotopic (exact) mass is 1340 g/mol. The van der Waals surface area contributed by atoms with Crippen molar-refractivity contribution in [3.8, 4) is 0 Å². The Hall–Kier alpha value is -3.11. The molecule has 6 amide bonds. The molecule has 0 aromatic heterocycles. The van der Waals surface area contributed by atoms with E-state index in [1.54, 1.807) is 20.8 Å². The van der Waals surface area contributed by atoms with Crippen LogP contribution in [0.2, 0.25) is 0 Å². The first-order valence-corrected chi connectivity index (χ1v) is 35.4. The second-order valence-corrected chi connectivity index (χ2v) is 27.6. The molecule has 0 aliphatic carbocycles. The summed E-state index contributed by atoms with van der Waals surface area (Å²) >= 11 is 22.8. The van der Waals surface area contributed by atoms with Crippen molar-refractivity contribution in [2.45, 2.75) is 165 Å². The molecule has 22 nitrogen and oxygen atoms in total. The number of hydrogen-bond acceptors (Lipinski definition) is 23. The zero-order chi connectivity index (χ0) is 61.2.